The van der Waals surface area contributed by atoms with Crippen molar-refractivity contribution >= 4 is 5.91 Å². The molecule has 1 N–H and O–H groups in total. The van der Waals surface area contributed by atoms with Gasteiger partial charge in [-0.05, 0) is 19.8 Å². The second-order valence-electron chi connectivity index (χ2n) is 3.09. The highest BCUT2D eigenvalue weighted by atomic mass is 16.5. The fourth-order valence-corrected chi connectivity index (χ4v) is 1.11. The van der Waals surface area contributed by atoms with Crippen LogP contribution in [0.5, 0.6) is 0 Å². The normalized spacial score (nSPS) is 10.7. The van der Waals surface area contributed by atoms with Crippen molar-refractivity contribution in [1.29, 1.82) is 5.26 Å². The van der Waals surface area contributed by atoms with Crippen molar-refractivity contribution in [2.75, 3.05) is 13.2 Å². The van der Waals surface area contributed by atoms with Crippen LogP contribution in [0.1, 0.15) is 33.6 Å². The molecule has 0 aliphatic carbocycles. The lowest BCUT2D eigenvalue weighted by atomic mass is 9.95. The largest absolute Gasteiger partial charge is 0.372 e. The number of amides is 1. The van der Waals surface area contributed by atoms with Gasteiger partial charge in [0.25, 0.3) is 0 Å². The Morgan fingerprint density at radius 2 is 2.00 bits per heavy atom. The first-order valence-electron chi connectivity index (χ1n) is 4.94. The van der Waals surface area contributed by atoms with E-state index in [1.54, 1.807) is 0 Å². The van der Waals surface area contributed by atoms with Crippen LogP contribution in [-0.4, -0.2) is 24.7 Å². The molecule has 0 fully saturated rings. The van der Waals surface area contributed by atoms with Crippen LogP contribution in [0.2, 0.25) is 0 Å². The summed E-state index contributed by atoms with van der Waals surface area (Å²) in [6.45, 7) is 6.12. The molecule has 0 atom stereocenters. The molecule has 0 saturated carbocycles. The van der Waals surface area contributed by atoms with Gasteiger partial charge in [-0.15, -0.1) is 0 Å². The van der Waals surface area contributed by atoms with Gasteiger partial charge >= 0.3 is 0 Å². The van der Waals surface area contributed by atoms with E-state index in [1.807, 2.05) is 20.8 Å². The molecule has 0 spiro atoms. The monoisotopic (exact) mass is 198 g/mol. The molecular formula is C10H18N2O2. The Labute approximate surface area is 85.2 Å². The van der Waals surface area contributed by atoms with Gasteiger partial charge in [-0.1, -0.05) is 13.8 Å². The maximum atomic E-state index is 11.3. The number of rotatable bonds is 6. The van der Waals surface area contributed by atoms with Gasteiger partial charge in [0.05, 0.1) is 6.07 Å². The second kappa shape index (κ2) is 6.39. The molecule has 4 heteroatoms. The molecule has 0 heterocycles. The fraction of sp³-hybridized carbons (Fsp3) is 0.800. The summed E-state index contributed by atoms with van der Waals surface area (Å²) in [6.07, 6.45) is 1.22. The quantitative estimate of drug-likeness (QED) is 0.698. The van der Waals surface area contributed by atoms with Crippen molar-refractivity contribution in [3.63, 3.8) is 0 Å². The smallest absolute Gasteiger partial charge is 0.247 e. The Morgan fingerprint density at radius 1 is 1.43 bits per heavy atom. The van der Waals surface area contributed by atoms with Crippen molar-refractivity contribution in [3.05, 3.63) is 0 Å². The average Bonchev–Trinajstić information content (AvgIpc) is 2.23. The van der Waals surface area contributed by atoms with Crippen molar-refractivity contribution < 1.29 is 9.53 Å². The van der Waals surface area contributed by atoms with Gasteiger partial charge in [0.1, 0.15) is 12.1 Å². The molecule has 0 aromatic carbocycles. The molecule has 0 radical (unpaired) electrons. The zero-order valence-electron chi connectivity index (χ0n) is 9.09. The van der Waals surface area contributed by atoms with E-state index in [2.05, 4.69) is 11.4 Å². The molecule has 4 nitrogen and oxygen atoms in total. The van der Waals surface area contributed by atoms with Crippen LogP contribution in [0.15, 0.2) is 0 Å². The van der Waals surface area contributed by atoms with Crippen molar-refractivity contribution in [1.82, 2.24) is 5.32 Å². The van der Waals surface area contributed by atoms with Gasteiger partial charge in [0.15, 0.2) is 0 Å². The van der Waals surface area contributed by atoms with Crippen LogP contribution in [0.4, 0.5) is 0 Å². The Morgan fingerprint density at radius 3 is 2.36 bits per heavy atom. The molecule has 0 bridgehead atoms. The van der Waals surface area contributed by atoms with Gasteiger partial charge in [-0.3, -0.25) is 4.79 Å². The lowest BCUT2D eigenvalue weighted by Gasteiger charge is -2.24. The van der Waals surface area contributed by atoms with Gasteiger partial charge in [0, 0.05) is 6.61 Å². The van der Waals surface area contributed by atoms with Gasteiger partial charge in [0.2, 0.25) is 5.91 Å². The van der Waals surface area contributed by atoms with Crippen LogP contribution in [0, 0.1) is 11.3 Å². The van der Waals surface area contributed by atoms with E-state index in [-0.39, 0.29) is 12.5 Å². The van der Waals surface area contributed by atoms with Crippen LogP contribution >= 0.6 is 0 Å². The third-order valence-corrected chi connectivity index (χ3v) is 2.24. The summed E-state index contributed by atoms with van der Waals surface area (Å²) in [4.78, 5) is 11.3. The number of hydrogen-bond acceptors (Lipinski definition) is 3. The first kappa shape index (κ1) is 12.9. The minimum Gasteiger partial charge on any atom is -0.372 e. The van der Waals surface area contributed by atoms with Gasteiger partial charge < -0.3 is 10.1 Å². The predicted molar refractivity (Wildman–Crippen MR) is 53.6 cm³/mol. The molecule has 0 saturated heterocycles. The minimum atomic E-state index is -0.728. The SMILES string of the molecule is CCOCC(=O)NC(C#N)(CC)CC. The summed E-state index contributed by atoms with van der Waals surface area (Å²) in [5.41, 5.74) is -0.728. The Balaban J connectivity index is 4.18. The number of ether oxygens (including phenoxy) is 1. The molecule has 0 aliphatic heterocycles. The first-order chi connectivity index (χ1) is 6.64. The molecule has 0 aromatic rings. The summed E-state index contributed by atoms with van der Waals surface area (Å²) < 4.78 is 4.95. The molecule has 80 valence electrons. The third kappa shape index (κ3) is 3.75. The molecule has 0 unspecified atom stereocenters. The van der Waals surface area contributed by atoms with E-state index >= 15 is 0 Å². The lowest BCUT2D eigenvalue weighted by molar-refractivity contribution is -0.127. The molecule has 0 aliphatic rings. The molecular weight excluding hydrogens is 180 g/mol. The van der Waals surface area contributed by atoms with Crippen LogP contribution in [0.25, 0.3) is 0 Å². The maximum absolute atomic E-state index is 11.3. The number of carbonyl (C=O) groups excluding carboxylic acids is 1. The lowest BCUT2D eigenvalue weighted by Crippen LogP contribution is -2.47. The molecule has 0 rings (SSSR count). The van der Waals surface area contributed by atoms with Crippen LogP contribution < -0.4 is 5.32 Å². The first-order valence-corrected chi connectivity index (χ1v) is 4.94. The van der Waals surface area contributed by atoms with Crippen molar-refractivity contribution in [2.45, 2.75) is 39.2 Å². The number of nitrogens with one attached hydrogen (secondary N) is 1. The number of carbonyl (C=O) groups is 1. The van der Waals surface area contributed by atoms with Crippen LogP contribution in [0.3, 0.4) is 0 Å². The second-order valence-corrected chi connectivity index (χ2v) is 3.09. The third-order valence-electron chi connectivity index (χ3n) is 2.24. The Hall–Kier alpha value is -1.08. The van der Waals surface area contributed by atoms with E-state index in [0.29, 0.717) is 19.4 Å². The summed E-state index contributed by atoms with van der Waals surface area (Å²) >= 11 is 0. The number of nitriles is 1. The molecule has 0 aromatic heterocycles. The Bertz CT molecular complexity index is 217. The number of nitrogens with zero attached hydrogens (tertiary/aromatic N) is 1. The topological polar surface area (TPSA) is 62.1 Å². The fourth-order valence-electron chi connectivity index (χ4n) is 1.11. The van der Waals surface area contributed by atoms with Gasteiger partial charge in [-0.25, -0.2) is 0 Å². The highest BCUT2D eigenvalue weighted by molar-refractivity contribution is 5.78. The summed E-state index contributed by atoms with van der Waals surface area (Å²) in [7, 11) is 0. The van der Waals surface area contributed by atoms with E-state index < -0.39 is 5.54 Å². The van der Waals surface area contributed by atoms with Crippen molar-refractivity contribution in [3.8, 4) is 6.07 Å². The average molecular weight is 198 g/mol. The predicted octanol–water partition coefficient (Wildman–Crippen LogP) is 1.22. The van der Waals surface area contributed by atoms with Gasteiger partial charge in [-0.2, -0.15) is 5.26 Å². The van der Waals surface area contributed by atoms with E-state index in [4.69, 9.17) is 10.00 Å². The number of hydrogen-bond donors (Lipinski definition) is 1. The highest BCUT2D eigenvalue weighted by Gasteiger charge is 2.27. The summed E-state index contributed by atoms with van der Waals surface area (Å²) in [5.74, 6) is -0.225. The molecule has 1 amide bonds. The van der Waals surface area contributed by atoms with Crippen LogP contribution in [-0.2, 0) is 9.53 Å². The standard InChI is InChI=1S/C10H18N2O2/c1-4-10(5-2,8-11)12-9(13)7-14-6-3/h4-7H2,1-3H3,(H,12,13). The van der Waals surface area contributed by atoms with Crippen molar-refractivity contribution in [2.24, 2.45) is 0 Å². The molecule has 14 heavy (non-hydrogen) atoms. The summed E-state index contributed by atoms with van der Waals surface area (Å²) in [5, 5.41) is 11.6. The van der Waals surface area contributed by atoms with E-state index in [1.165, 1.54) is 0 Å². The Kier molecular flexibility index (Phi) is 5.89. The zero-order valence-corrected chi connectivity index (χ0v) is 9.09. The highest BCUT2D eigenvalue weighted by Crippen LogP contribution is 2.13. The summed E-state index contributed by atoms with van der Waals surface area (Å²) in [6, 6.07) is 2.13. The zero-order chi connectivity index (χ0) is 11.0. The van der Waals surface area contributed by atoms with E-state index in [9.17, 15) is 4.79 Å². The van der Waals surface area contributed by atoms with E-state index in [0.717, 1.165) is 0 Å². The maximum Gasteiger partial charge on any atom is 0.247 e. The minimum absolute atomic E-state index is 0.0277.